The van der Waals surface area contributed by atoms with Gasteiger partial charge in [0.25, 0.3) is 5.91 Å². The average molecular weight is 289 g/mol. The van der Waals surface area contributed by atoms with Crippen molar-refractivity contribution < 1.29 is 14.6 Å². The Hall–Kier alpha value is -1.83. The van der Waals surface area contributed by atoms with E-state index in [0.717, 1.165) is 16.8 Å². The fourth-order valence-corrected chi connectivity index (χ4v) is 1.75. The summed E-state index contributed by atoms with van der Waals surface area (Å²) >= 11 is 0. The van der Waals surface area contributed by atoms with Gasteiger partial charge in [0.1, 0.15) is 5.60 Å². The van der Waals surface area contributed by atoms with Crippen LogP contribution in [0.4, 0.5) is 5.69 Å². The normalized spacial score (nSPS) is 13.0. The lowest BCUT2D eigenvalue weighted by Gasteiger charge is -2.25. The summed E-state index contributed by atoms with van der Waals surface area (Å²) < 4.78 is 5.29. The molecule has 2 N–H and O–H groups in total. The lowest BCUT2D eigenvalue weighted by atomic mass is 10.0. The number of rotatable bonds is 5. The molecule has 0 fully saturated rings. The molecule has 21 heavy (non-hydrogen) atoms. The first-order chi connectivity index (χ1) is 9.96. The third-order valence-corrected chi connectivity index (χ3v) is 3.55. The number of hydrogen-bond donors (Lipinski definition) is 2. The Morgan fingerprint density at radius 2 is 2.19 bits per heavy atom. The first-order valence-corrected chi connectivity index (χ1v) is 7.03. The fraction of sp³-hybridized carbons (Fsp3) is 0.471. The molecule has 1 unspecified atom stereocenters. The van der Waals surface area contributed by atoms with E-state index in [2.05, 4.69) is 17.2 Å². The van der Waals surface area contributed by atoms with Crippen LogP contribution in [0.5, 0.6) is 0 Å². The molecule has 0 heterocycles. The van der Waals surface area contributed by atoms with Crippen LogP contribution < -0.4 is 5.32 Å². The van der Waals surface area contributed by atoms with Crippen LogP contribution >= 0.6 is 0 Å². The number of hydrogen-bond acceptors (Lipinski definition) is 3. The monoisotopic (exact) mass is 289 g/mol. The van der Waals surface area contributed by atoms with Crippen LogP contribution in [0.25, 0.3) is 0 Å². The highest BCUT2D eigenvalue weighted by atomic mass is 16.5. The molecule has 0 aliphatic carbocycles. The van der Waals surface area contributed by atoms with Crippen molar-refractivity contribution in [1.82, 2.24) is 0 Å². The van der Waals surface area contributed by atoms with Gasteiger partial charge in [0, 0.05) is 24.8 Å². The molecule has 0 spiro atoms. The number of ether oxygens (including phenoxy) is 1. The van der Waals surface area contributed by atoms with Crippen molar-refractivity contribution in [3.63, 3.8) is 0 Å². The minimum absolute atomic E-state index is 0.0622. The third-order valence-electron chi connectivity index (χ3n) is 3.55. The third kappa shape index (κ3) is 4.59. The Balaban J connectivity index is 2.87. The van der Waals surface area contributed by atoms with E-state index in [-0.39, 0.29) is 12.5 Å². The molecular weight excluding hydrogens is 266 g/mol. The lowest BCUT2D eigenvalue weighted by molar-refractivity contribution is -0.136. The van der Waals surface area contributed by atoms with Gasteiger partial charge < -0.3 is 15.2 Å². The quantitative estimate of drug-likeness (QED) is 0.819. The zero-order chi connectivity index (χ0) is 15.9. The summed E-state index contributed by atoms with van der Waals surface area (Å²) in [5.41, 5.74) is 1.73. The molecule has 114 valence electrons. The summed E-state index contributed by atoms with van der Waals surface area (Å²) in [6.07, 6.45) is 1.05. The van der Waals surface area contributed by atoms with Crippen LogP contribution in [0.15, 0.2) is 18.2 Å². The van der Waals surface area contributed by atoms with Crippen LogP contribution in [0.1, 0.15) is 37.8 Å². The van der Waals surface area contributed by atoms with Crippen LogP contribution in [0.3, 0.4) is 0 Å². The summed E-state index contributed by atoms with van der Waals surface area (Å²) in [5.74, 6) is 5.69. The summed E-state index contributed by atoms with van der Waals surface area (Å²) in [4.78, 5) is 12.3. The highest BCUT2D eigenvalue weighted by Gasteiger charge is 2.31. The first-order valence-electron chi connectivity index (χ1n) is 7.03. The second-order valence-corrected chi connectivity index (χ2v) is 5.05. The number of benzene rings is 1. The molecule has 0 saturated heterocycles. The predicted molar refractivity (Wildman–Crippen MR) is 84.1 cm³/mol. The minimum Gasteiger partial charge on any atom is -0.395 e. The van der Waals surface area contributed by atoms with Gasteiger partial charge in [-0.2, -0.15) is 0 Å². The van der Waals surface area contributed by atoms with Crippen molar-refractivity contribution in [3.05, 3.63) is 29.3 Å². The maximum atomic E-state index is 12.3. The zero-order valence-corrected chi connectivity index (χ0v) is 13.1. The number of carbonyl (C=O) groups excluding carboxylic acids is 1. The molecule has 0 bridgehead atoms. The molecule has 0 aromatic heterocycles. The standard InChI is InChI=1S/C17H23NO3/c1-5-17(3,21-4)16(20)18-15-10-9-14(12-13(15)2)8-6-7-11-19/h9-10,12,19H,5,7,11H2,1-4H3,(H,18,20). The van der Waals surface area contributed by atoms with Gasteiger partial charge in [-0.3, -0.25) is 4.79 Å². The van der Waals surface area contributed by atoms with Gasteiger partial charge >= 0.3 is 0 Å². The average Bonchev–Trinajstić information content (AvgIpc) is 2.49. The Labute approximate surface area is 126 Å². The molecule has 1 aromatic rings. The van der Waals surface area contributed by atoms with E-state index < -0.39 is 5.60 Å². The molecule has 0 saturated carbocycles. The second kappa shape index (κ2) is 7.82. The number of carbonyl (C=O) groups is 1. The van der Waals surface area contributed by atoms with Crippen molar-refractivity contribution >= 4 is 11.6 Å². The lowest BCUT2D eigenvalue weighted by Crippen LogP contribution is -2.41. The van der Waals surface area contributed by atoms with E-state index in [4.69, 9.17) is 9.84 Å². The molecule has 0 aliphatic heterocycles. The van der Waals surface area contributed by atoms with Crippen molar-refractivity contribution in [1.29, 1.82) is 0 Å². The van der Waals surface area contributed by atoms with E-state index >= 15 is 0 Å². The van der Waals surface area contributed by atoms with Gasteiger partial charge in [0.05, 0.1) is 6.61 Å². The summed E-state index contributed by atoms with van der Waals surface area (Å²) in [5, 5.41) is 11.6. The maximum absolute atomic E-state index is 12.3. The van der Waals surface area contributed by atoms with E-state index in [1.54, 1.807) is 6.92 Å². The van der Waals surface area contributed by atoms with E-state index in [0.29, 0.717) is 12.8 Å². The van der Waals surface area contributed by atoms with Crippen molar-refractivity contribution in [2.45, 2.75) is 39.2 Å². The number of aliphatic hydroxyl groups is 1. The van der Waals surface area contributed by atoms with E-state index in [1.807, 2.05) is 32.0 Å². The summed E-state index contributed by atoms with van der Waals surface area (Å²) in [6, 6.07) is 5.60. The molecule has 4 heteroatoms. The van der Waals surface area contributed by atoms with Gasteiger partial charge in [-0.25, -0.2) is 0 Å². The van der Waals surface area contributed by atoms with E-state index in [1.165, 1.54) is 7.11 Å². The molecule has 0 aliphatic rings. The Morgan fingerprint density at radius 1 is 1.48 bits per heavy atom. The molecular formula is C17H23NO3. The molecule has 0 radical (unpaired) electrons. The fourth-order valence-electron chi connectivity index (χ4n) is 1.75. The molecule has 1 atom stereocenters. The molecule has 4 nitrogen and oxygen atoms in total. The van der Waals surface area contributed by atoms with Crippen LogP contribution in [-0.4, -0.2) is 30.3 Å². The Kier molecular flexibility index (Phi) is 6.41. The molecule has 1 aromatic carbocycles. The second-order valence-electron chi connectivity index (χ2n) is 5.05. The maximum Gasteiger partial charge on any atom is 0.256 e. The topological polar surface area (TPSA) is 58.6 Å². The largest absolute Gasteiger partial charge is 0.395 e. The van der Waals surface area contributed by atoms with Crippen molar-refractivity contribution in [3.8, 4) is 11.8 Å². The van der Waals surface area contributed by atoms with Gasteiger partial charge in [0.15, 0.2) is 0 Å². The Morgan fingerprint density at radius 3 is 2.71 bits per heavy atom. The molecule has 1 amide bonds. The predicted octanol–water partition coefficient (Wildman–Crippen LogP) is 2.48. The summed E-state index contributed by atoms with van der Waals surface area (Å²) in [7, 11) is 1.54. The Bertz CT molecular complexity index is 551. The summed E-state index contributed by atoms with van der Waals surface area (Å²) in [6.45, 7) is 5.66. The van der Waals surface area contributed by atoms with E-state index in [9.17, 15) is 4.79 Å². The zero-order valence-electron chi connectivity index (χ0n) is 13.1. The van der Waals surface area contributed by atoms with Gasteiger partial charge in [0.2, 0.25) is 0 Å². The number of nitrogens with one attached hydrogen (secondary N) is 1. The highest BCUT2D eigenvalue weighted by molar-refractivity contribution is 5.97. The minimum atomic E-state index is -0.827. The van der Waals surface area contributed by atoms with Gasteiger partial charge in [-0.15, -0.1) is 0 Å². The van der Waals surface area contributed by atoms with Crippen LogP contribution in [-0.2, 0) is 9.53 Å². The number of anilines is 1. The number of amides is 1. The van der Waals surface area contributed by atoms with Gasteiger partial charge in [-0.1, -0.05) is 18.8 Å². The van der Waals surface area contributed by atoms with Crippen LogP contribution in [0.2, 0.25) is 0 Å². The van der Waals surface area contributed by atoms with Crippen molar-refractivity contribution in [2.24, 2.45) is 0 Å². The number of aryl methyl sites for hydroxylation is 1. The number of aliphatic hydroxyl groups excluding tert-OH is 1. The highest BCUT2D eigenvalue weighted by Crippen LogP contribution is 2.21. The number of methoxy groups -OCH3 is 1. The smallest absolute Gasteiger partial charge is 0.256 e. The van der Waals surface area contributed by atoms with Crippen molar-refractivity contribution in [2.75, 3.05) is 19.0 Å². The molecule has 1 rings (SSSR count). The van der Waals surface area contributed by atoms with Crippen LogP contribution in [0, 0.1) is 18.8 Å². The van der Waals surface area contributed by atoms with Gasteiger partial charge in [-0.05, 0) is 44.0 Å². The SMILES string of the molecule is CCC(C)(OC)C(=O)Nc1ccc(C#CCCO)cc1C. The first kappa shape index (κ1) is 17.2.